The van der Waals surface area contributed by atoms with Gasteiger partial charge in [-0.15, -0.1) is 0 Å². The molecule has 1 aliphatic rings. The summed E-state index contributed by atoms with van der Waals surface area (Å²) in [5.74, 6) is 0.900. The Labute approximate surface area is 106 Å². The molecule has 0 spiro atoms. The molecule has 0 aromatic carbocycles. The van der Waals surface area contributed by atoms with E-state index in [1.165, 1.54) is 13.4 Å². The van der Waals surface area contributed by atoms with E-state index in [1.54, 1.807) is 4.57 Å². The molecule has 1 aromatic heterocycles. The van der Waals surface area contributed by atoms with Crippen molar-refractivity contribution in [3.8, 4) is 5.75 Å². The quantitative estimate of drug-likeness (QED) is 0.764. The lowest BCUT2D eigenvalue weighted by atomic mass is 9.87. The highest BCUT2D eigenvalue weighted by atomic mass is 35.5. The van der Waals surface area contributed by atoms with Gasteiger partial charge >= 0.3 is 0 Å². The van der Waals surface area contributed by atoms with E-state index in [9.17, 15) is 4.79 Å². The maximum Gasteiger partial charge on any atom is 0.297 e. The van der Waals surface area contributed by atoms with Crippen LogP contribution in [0, 0.1) is 5.92 Å². The molecule has 2 rings (SSSR count). The van der Waals surface area contributed by atoms with E-state index in [0.29, 0.717) is 0 Å². The van der Waals surface area contributed by atoms with E-state index in [2.05, 4.69) is 11.9 Å². The SMILES string of the molecule is COc1c(Cl)ncn(C2CCC(C)CC2)c1=O. The van der Waals surface area contributed by atoms with Crippen LogP contribution in [-0.2, 0) is 0 Å². The van der Waals surface area contributed by atoms with Crippen molar-refractivity contribution >= 4 is 11.6 Å². The Balaban J connectivity index is 2.30. The van der Waals surface area contributed by atoms with Gasteiger partial charge in [0.25, 0.3) is 5.56 Å². The molecule has 0 aliphatic heterocycles. The van der Waals surface area contributed by atoms with Crippen LogP contribution in [0.15, 0.2) is 11.1 Å². The van der Waals surface area contributed by atoms with Crippen molar-refractivity contribution in [2.45, 2.75) is 38.6 Å². The molecule has 5 heteroatoms. The maximum atomic E-state index is 12.1. The van der Waals surface area contributed by atoms with E-state index < -0.39 is 0 Å². The summed E-state index contributed by atoms with van der Waals surface area (Å²) in [6, 6.07) is 0.234. The molecule has 0 amide bonds. The lowest BCUT2D eigenvalue weighted by Crippen LogP contribution is -2.28. The summed E-state index contributed by atoms with van der Waals surface area (Å²) in [5, 5.41) is 0.137. The van der Waals surface area contributed by atoms with Gasteiger partial charge in [-0.1, -0.05) is 18.5 Å². The third kappa shape index (κ3) is 2.46. The summed E-state index contributed by atoms with van der Waals surface area (Å²) >= 11 is 5.81. The maximum absolute atomic E-state index is 12.1. The van der Waals surface area contributed by atoms with Crippen LogP contribution in [0.5, 0.6) is 5.75 Å². The molecular weight excluding hydrogens is 240 g/mol. The minimum Gasteiger partial charge on any atom is -0.489 e. The Morgan fingerprint density at radius 2 is 2.06 bits per heavy atom. The Kier molecular flexibility index (Phi) is 3.72. The summed E-state index contributed by atoms with van der Waals surface area (Å²) in [6.07, 6.45) is 5.89. The number of ether oxygens (including phenoxy) is 1. The average molecular weight is 257 g/mol. The van der Waals surface area contributed by atoms with Crippen molar-refractivity contribution in [3.63, 3.8) is 0 Å². The zero-order valence-corrected chi connectivity index (χ0v) is 10.9. The monoisotopic (exact) mass is 256 g/mol. The molecule has 1 aliphatic carbocycles. The number of methoxy groups -OCH3 is 1. The first-order valence-corrected chi connectivity index (χ1v) is 6.32. The molecule has 0 atom stereocenters. The lowest BCUT2D eigenvalue weighted by Gasteiger charge is -2.27. The molecule has 1 aromatic rings. The number of halogens is 1. The van der Waals surface area contributed by atoms with Crippen molar-refractivity contribution < 1.29 is 4.74 Å². The molecule has 0 saturated heterocycles. The lowest BCUT2D eigenvalue weighted by molar-refractivity contribution is 0.279. The Bertz CT molecular complexity index is 450. The molecule has 0 radical (unpaired) electrons. The summed E-state index contributed by atoms with van der Waals surface area (Å²) in [4.78, 5) is 16.1. The van der Waals surface area contributed by atoms with Crippen molar-refractivity contribution in [2.75, 3.05) is 7.11 Å². The van der Waals surface area contributed by atoms with Crippen molar-refractivity contribution in [1.29, 1.82) is 0 Å². The number of nitrogens with zero attached hydrogens (tertiary/aromatic N) is 2. The van der Waals surface area contributed by atoms with Crippen molar-refractivity contribution in [3.05, 3.63) is 21.8 Å². The van der Waals surface area contributed by atoms with Crippen LogP contribution < -0.4 is 10.3 Å². The number of hydrogen-bond donors (Lipinski definition) is 0. The molecule has 94 valence electrons. The van der Waals surface area contributed by atoms with E-state index in [-0.39, 0.29) is 22.5 Å². The van der Waals surface area contributed by atoms with Crippen LogP contribution in [0.1, 0.15) is 38.6 Å². The number of hydrogen-bond acceptors (Lipinski definition) is 3. The standard InChI is InChI=1S/C12H17ClN2O2/c1-8-3-5-9(6-4-8)15-7-14-11(13)10(17-2)12(15)16/h7-9H,3-6H2,1-2H3. The van der Waals surface area contributed by atoms with Gasteiger partial charge in [-0.25, -0.2) is 4.98 Å². The van der Waals surface area contributed by atoms with Gasteiger partial charge < -0.3 is 4.74 Å². The number of rotatable bonds is 2. The molecule has 1 heterocycles. The molecule has 0 bridgehead atoms. The largest absolute Gasteiger partial charge is 0.489 e. The fourth-order valence-corrected chi connectivity index (χ4v) is 2.58. The first-order chi connectivity index (χ1) is 8.13. The number of aromatic nitrogens is 2. The van der Waals surface area contributed by atoms with Crippen LogP contribution in [-0.4, -0.2) is 16.7 Å². The molecule has 1 saturated carbocycles. The molecule has 1 fully saturated rings. The van der Waals surface area contributed by atoms with Gasteiger partial charge in [0.05, 0.1) is 13.4 Å². The summed E-state index contributed by atoms with van der Waals surface area (Å²) in [7, 11) is 1.44. The predicted octanol–water partition coefficient (Wildman–Crippen LogP) is 2.66. The first-order valence-electron chi connectivity index (χ1n) is 5.94. The minimum atomic E-state index is -0.174. The van der Waals surface area contributed by atoms with Gasteiger partial charge in [0.15, 0.2) is 5.15 Å². The highest BCUT2D eigenvalue weighted by Crippen LogP contribution is 2.31. The van der Waals surface area contributed by atoms with E-state index >= 15 is 0 Å². The molecule has 17 heavy (non-hydrogen) atoms. The average Bonchev–Trinajstić information content (AvgIpc) is 2.31. The van der Waals surface area contributed by atoms with E-state index in [0.717, 1.165) is 31.6 Å². The van der Waals surface area contributed by atoms with Gasteiger partial charge in [-0.05, 0) is 31.6 Å². The molecule has 0 N–H and O–H groups in total. The van der Waals surface area contributed by atoms with Crippen LogP contribution in [0.25, 0.3) is 0 Å². The van der Waals surface area contributed by atoms with Crippen LogP contribution >= 0.6 is 11.6 Å². The van der Waals surface area contributed by atoms with Crippen molar-refractivity contribution in [1.82, 2.24) is 9.55 Å². The second kappa shape index (κ2) is 5.08. The van der Waals surface area contributed by atoms with Gasteiger partial charge in [0.2, 0.25) is 5.75 Å². The minimum absolute atomic E-state index is 0.137. The van der Waals surface area contributed by atoms with Gasteiger partial charge in [0, 0.05) is 6.04 Å². The smallest absolute Gasteiger partial charge is 0.297 e. The predicted molar refractivity (Wildman–Crippen MR) is 66.7 cm³/mol. The Morgan fingerprint density at radius 1 is 1.41 bits per heavy atom. The Hall–Kier alpha value is -1.03. The van der Waals surface area contributed by atoms with Crippen LogP contribution in [0.3, 0.4) is 0 Å². The van der Waals surface area contributed by atoms with E-state index in [1.807, 2.05) is 0 Å². The highest BCUT2D eigenvalue weighted by Gasteiger charge is 2.22. The fourth-order valence-electron chi connectivity index (χ4n) is 2.38. The summed E-state index contributed by atoms with van der Waals surface area (Å²) in [6.45, 7) is 2.25. The summed E-state index contributed by atoms with van der Waals surface area (Å²) < 4.78 is 6.66. The van der Waals surface area contributed by atoms with Gasteiger partial charge in [-0.3, -0.25) is 9.36 Å². The highest BCUT2D eigenvalue weighted by molar-refractivity contribution is 6.30. The summed E-state index contributed by atoms with van der Waals surface area (Å²) in [5.41, 5.74) is -0.174. The zero-order valence-electron chi connectivity index (χ0n) is 10.1. The normalized spacial score (nSPS) is 24.6. The second-order valence-electron chi connectivity index (χ2n) is 4.69. The molecule has 0 unspecified atom stereocenters. The fraction of sp³-hybridized carbons (Fsp3) is 0.667. The van der Waals surface area contributed by atoms with E-state index in [4.69, 9.17) is 16.3 Å². The van der Waals surface area contributed by atoms with Crippen LogP contribution in [0.4, 0.5) is 0 Å². The Morgan fingerprint density at radius 3 is 2.65 bits per heavy atom. The van der Waals surface area contributed by atoms with Crippen LogP contribution in [0.2, 0.25) is 5.15 Å². The third-order valence-electron chi connectivity index (χ3n) is 3.49. The van der Waals surface area contributed by atoms with Gasteiger partial charge in [-0.2, -0.15) is 0 Å². The molecular formula is C12H17ClN2O2. The second-order valence-corrected chi connectivity index (χ2v) is 5.05. The van der Waals surface area contributed by atoms with Gasteiger partial charge in [0.1, 0.15) is 0 Å². The zero-order chi connectivity index (χ0) is 12.4. The topological polar surface area (TPSA) is 44.1 Å². The molecule has 4 nitrogen and oxygen atoms in total. The first kappa shape index (κ1) is 12.4. The third-order valence-corrected chi connectivity index (χ3v) is 3.76. The van der Waals surface area contributed by atoms with Crippen molar-refractivity contribution in [2.24, 2.45) is 5.92 Å².